The molecule has 1 aromatic rings. The Kier molecular flexibility index (Phi) is 8.43. The van der Waals surface area contributed by atoms with Crippen molar-refractivity contribution >= 4 is 11.4 Å². The van der Waals surface area contributed by atoms with Gasteiger partial charge in [-0.05, 0) is 12.5 Å². The van der Waals surface area contributed by atoms with E-state index in [1.807, 2.05) is 0 Å². The lowest BCUT2D eigenvalue weighted by atomic mass is 10.1. The Morgan fingerprint density at radius 2 is 1.90 bits per heavy atom. The van der Waals surface area contributed by atoms with Crippen molar-refractivity contribution in [3.05, 3.63) is 33.9 Å². The lowest BCUT2D eigenvalue weighted by Crippen LogP contribution is -2.01. The molecule has 0 fully saturated rings. The number of non-ortho nitro benzene ring substituents is 1. The van der Waals surface area contributed by atoms with E-state index >= 15 is 0 Å². The molecule has 0 heterocycles. The van der Waals surface area contributed by atoms with Crippen molar-refractivity contribution in [1.29, 1.82) is 0 Å². The smallest absolute Gasteiger partial charge is 0.269 e. The molecule has 0 atom stereocenters. The SMILES string of the molecule is CCCCCCCCOCc1cc([N+](=O)[O-])ccc1NC. The van der Waals surface area contributed by atoms with Crippen LogP contribution in [0.1, 0.15) is 51.0 Å². The van der Waals surface area contributed by atoms with Gasteiger partial charge in [0, 0.05) is 37.0 Å². The van der Waals surface area contributed by atoms with Gasteiger partial charge < -0.3 is 10.1 Å². The Morgan fingerprint density at radius 1 is 1.19 bits per heavy atom. The molecule has 0 aliphatic carbocycles. The third-order valence-corrected chi connectivity index (χ3v) is 3.47. The summed E-state index contributed by atoms with van der Waals surface area (Å²) in [6, 6.07) is 4.80. The minimum atomic E-state index is -0.378. The predicted octanol–water partition coefficient (Wildman–Crippen LogP) is 4.51. The second-order valence-electron chi connectivity index (χ2n) is 5.17. The summed E-state index contributed by atoms with van der Waals surface area (Å²) in [6.45, 7) is 3.33. The van der Waals surface area contributed by atoms with Crippen molar-refractivity contribution in [3.63, 3.8) is 0 Å². The molecule has 1 aromatic carbocycles. The largest absolute Gasteiger partial charge is 0.388 e. The van der Waals surface area contributed by atoms with Gasteiger partial charge in [-0.2, -0.15) is 0 Å². The molecule has 118 valence electrons. The van der Waals surface area contributed by atoms with Gasteiger partial charge in [0.15, 0.2) is 0 Å². The minimum Gasteiger partial charge on any atom is -0.388 e. The quantitative estimate of drug-likeness (QED) is 0.370. The number of benzene rings is 1. The summed E-state index contributed by atoms with van der Waals surface area (Å²) in [5, 5.41) is 13.8. The molecule has 1 rings (SSSR count). The first-order valence-corrected chi connectivity index (χ1v) is 7.71. The van der Waals surface area contributed by atoms with Crippen LogP contribution in [-0.2, 0) is 11.3 Å². The summed E-state index contributed by atoms with van der Waals surface area (Å²) in [4.78, 5) is 10.4. The molecule has 0 unspecified atom stereocenters. The summed E-state index contributed by atoms with van der Waals surface area (Å²) in [5.41, 5.74) is 1.81. The molecule has 0 radical (unpaired) electrons. The van der Waals surface area contributed by atoms with Crippen LogP contribution in [0.25, 0.3) is 0 Å². The van der Waals surface area contributed by atoms with Gasteiger partial charge in [0.2, 0.25) is 0 Å². The third kappa shape index (κ3) is 6.58. The molecule has 0 aliphatic heterocycles. The van der Waals surface area contributed by atoms with Crippen LogP contribution < -0.4 is 5.32 Å². The van der Waals surface area contributed by atoms with E-state index in [1.165, 1.54) is 38.2 Å². The number of rotatable bonds is 11. The summed E-state index contributed by atoms with van der Waals surface area (Å²) in [7, 11) is 1.80. The highest BCUT2D eigenvalue weighted by Crippen LogP contribution is 2.22. The molecule has 0 aromatic heterocycles. The molecule has 1 N–H and O–H groups in total. The zero-order chi connectivity index (χ0) is 15.5. The van der Waals surface area contributed by atoms with E-state index in [2.05, 4.69) is 12.2 Å². The van der Waals surface area contributed by atoms with Gasteiger partial charge in [0.05, 0.1) is 11.5 Å². The van der Waals surface area contributed by atoms with Crippen LogP contribution in [0, 0.1) is 10.1 Å². The number of unbranched alkanes of at least 4 members (excludes halogenated alkanes) is 5. The van der Waals surface area contributed by atoms with Crippen molar-refractivity contribution in [2.75, 3.05) is 19.0 Å². The molecule has 0 saturated heterocycles. The van der Waals surface area contributed by atoms with Crippen LogP contribution in [0.5, 0.6) is 0 Å². The highest BCUT2D eigenvalue weighted by atomic mass is 16.6. The van der Waals surface area contributed by atoms with Gasteiger partial charge in [-0.1, -0.05) is 39.0 Å². The number of nitrogens with one attached hydrogen (secondary N) is 1. The molecule has 0 spiro atoms. The standard InChI is InChI=1S/C16H26N2O3/c1-3-4-5-6-7-8-11-21-13-14-12-15(18(19)20)9-10-16(14)17-2/h9-10,12,17H,3-8,11,13H2,1-2H3. The van der Waals surface area contributed by atoms with E-state index < -0.39 is 0 Å². The maximum absolute atomic E-state index is 10.8. The lowest BCUT2D eigenvalue weighted by Gasteiger charge is -2.09. The van der Waals surface area contributed by atoms with Crippen molar-refractivity contribution < 1.29 is 9.66 Å². The van der Waals surface area contributed by atoms with E-state index in [0.717, 1.165) is 17.7 Å². The average Bonchev–Trinajstić information content (AvgIpc) is 2.49. The average molecular weight is 294 g/mol. The van der Waals surface area contributed by atoms with Crippen molar-refractivity contribution in [2.24, 2.45) is 0 Å². The topological polar surface area (TPSA) is 64.4 Å². The number of anilines is 1. The van der Waals surface area contributed by atoms with Gasteiger partial charge in [-0.25, -0.2) is 0 Å². The van der Waals surface area contributed by atoms with Crippen molar-refractivity contribution in [1.82, 2.24) is 0 Å². The Bertz CT molecular complexity index is 436. The first kappa shape index (κ1) is 17.4. The second-order valence-corrected chi connectivity index (χ2v) is 5.17. The van der Waals surface area contributed by atoms with Crippen LogP contribution in [-0.4, -0.2) is 18.6 Å². The maximum atomic E-state index is 10.8. The summed E-state index contributed by atoms with van der Waals surface area (Å²) in [5.74, 6) is 0. The van der Waals surface area contributed by atoms with E-state index in [4.69, 9.17) is 4.74 Å². The van der Waals surface area contributed by atoms with E-state index in [1.54, 1.807) is 19.2 Å². The first-order valence-electron chi connectivity index (χ1n) is 7.71. The summed E-state index contributed by atoms with van der Waals surface area (Å²) < 4.78 is 5.64. The zero-order valence-corrected chi connectivity index (χ0v) is 13.1. The van der Waals surface area contributed by atoms with Gasteiger partial charge in [0.25, 0.3) is 5.69 Å². The van der Waals surface area contributed by atoms with Crippen LogP contribution in [0.2, 0.25) is 0 Å². The Morgan fingerprint density at radius 3 is 2.57 bits per heavy atom. The molecular formula is C16H26N2O3. The first-order chi connectivity index (χ1) is 10.2. The fourth-order valence-corrected chi connectivity index (χ4v) is 2.22. The second kappa shape index (κ2) is 10.2. The minimum absolute atomic E-state index is 0.104. The summed E-state index contributed by atoms with van der Waals surface area (Å²) in [6.07, 6.45) is 7.36. The number of nitrogens with zero attached hydrogens (tertiary/aromatic N) is 1. The normalized spacial score (nSPS) is 10.6. The number of nitro benzene ring substituents is 1. The fourth-order valence-electron chi connectivity index (χ4n) is 2.22. The Balaban J connectivity index is 2.33. The fraction of sp³-hybridized carbons (Fsp3) is 0.625. The molecular weight excluding hydrogens is 268 g/mol. The van der Waals surface area contributed by atoms with Gasteiger partial charge in [-0.15, -0.1) is 0 Å². The molecule has 0 amide bonds. The van der Waals surface area contributed by atoms with Crippen LogP contribution >= 0.6 is 0 Å². The van der Waals surface area contributed by atoms with Crippen LogP contribution in [0.3, 0.4) is 0 Å². The van der Waals surface area contributed by atoms with Crippen LogP contribution in [0.15, 0.2) is 18.2 Å². The maximum Gasteiger partial charge on any atom is 0.269 e. The van der Waals surface area contributed by atoms with Gasteiger partial charge >= 0.3 is 0 Å². The monoisotopic (exact) mass is 294 g/mol. The van der Waals surface area contributed by atoms with Crippen molar-refractivity contribution in [3.8, 4) is 0 Å². The predicted molar refractivity (Wildman–Crippen MR) is 85.7 cm³/mol. The highest BCUT2D eigenvalue weighted by Gasteiger charge is 2.10. The number of hydrogen-bond acceptors (Lipinski definition) is 4. The zero-order valence-electron chi connectivity index (χ0n) is 13.1. The number of hydrogen-bond donors (Lipinski definition) is 1. The van der Waals surface area contributed by atoms with Crippen molar-refractivity contribution in [2.45, 2.75) is 52.1 Å². The lowest BCUT2D eigenvalue weighted by molar-refractivity contribution is -0.384. The molecule has 0 bridgehead atoms. The van der Waals surface area contributed by atoms with E-state index in [0.29, 0.717) is 13.2 Å². The molecule has 0 saturated carbocycles. The highest BCUT2D eigenvalue weighted by molar-refractivity contribution is 5.55. The van der Waals surface area contributed by atoms with Crippen LogP contribution in [0.4, 0.5) is 11.4 Å². The number of nitro groups is 1. The molecule has 5 nitrogen and oxygen atoms in total. The van der Waals surface area contributed by atoms with E-state index in [-0.39, 0.29) is 10.6 Å². The van der Waals surface area contributed by atoms with Gasteiger partial charge in [0.1, 0.15) is 0 Å². The molecule has 21 heavy (non-hydrogen) atoms. The third-order valence-electron chi connectivity index (χ3n) is 3.47. The Hall–Kier alpha value is -1.62. The Labute approximate surface area is 126 Å². The molecule has 5 heteroatoms. The summed E-state index contributed by atoms with van der Waals surface area (Å²) >= 11 is 0. The van der Waals surface area contributed by atoms with E-state index in [9.17, 15) is 10.1 Å². The van der Waals surface area contributed by atoms with Gasteiger partial charge in [-0.3, -0.25) is 10.1 Å². The number of ether oxygens (including phenoxy) is 1. The molecule has 0 aliphatic rings.